The van der Waals surface area contributed by atoms with Gasteiger partial charge in [0.25, 0.3) is 5.56 Å². The van der Waals surface area contributed by atoms with Crippen molar-refractivity contribution in [2.45, 2.75) is 40.3 Å². The monoisotopic (exact) mass is 416 g/mol. The Bertz CT molecular complexity index is 1240. The first-order valence-corrected chi connectivity index (χ1v) is 10.7. The van der Waals surface area contributed by atoms with Gasteiger partial charge in [-0.05, 0) is 65.5 Å². The van der Waals surface area contributed by atoms with E-state index in [0.717, 1.165) is 40.7 Å². The summed E-state index contributed by atoms with van der Waals surface area (Å²) in [5.74, 6) is 0.668. The van der Waals surface area contributed by atoms with Gasteiger partial charge in [0.2, 0.25) is 0 Å². The molecule has 2 heterocycles. The number of hydrogen-bond acceptors (Lipinski definition) is 5. The van der Waals surface area contributed by atoms with Crippen molar-refractivity contribution in [2.24, 2.45) is 0 Å². The number of aromatic nitrogens is 5. The molecular formula is C24H28N6O. The van der Waals surface area contributed by atoms with Gasteiger partial charge < -0.3 is 4.98 Å². The van der Waals surface area contributed by atoms with Crippen LogP contribution in [0.25, 0.3) is 10.9 Å². The molecule has 0 spiro atoms. The molecule has 160 valence electrons. The summed E-state index contributed by atoms with van der Waals surface area (Å²) in [5, 5.41) is 13.6. The number of fused-ring (bicyclic) bond motifs is 1. The molecule has 1 atom stereocenters. The number of pyridine rings is 1. The maximum Gasteiger partial charge on any atom is 0.253 e. The van der Waals surface area contributed by atoms with Crippen LogP contribution in [0.15, 0.2) is 53.3 Å². The van der Waals surface area contributed by atoms with Crippen molar-refractivity contribution in [3.05, 3.63) is 87.0 Å². The lowest BCUT2D eigenvalue weighted by Crippen LogP contribution is -2.35. The van der Waals surface area contributed by atoms with Gasteiger partial charge in [-0.1, -0.05) is 56.3 Å². The molecule has 0 saturated carbocycles. The largest absolute Gasteiger partial charge is 0.321 e. The van der Waals surface area contributed by atoms with Crippen molar-refractivity contribution in [2.75, 3.05) is 13.1 Å². The highest BCUT2D eigenvalue weighted by atomic mass is 16.1. The van der Waals surface area contributed by atoms with Crippen molar-refractivity contribution in [3.63, 3.8) is 0 Å². The number of aromatic amines is 1. The average molecular weight is 417 g/mol. The lowest BCUT2D eigenvalue weighted by atomic mass is 10.00. The molecule has 0 saturated heterocycles. The fourth-order valence-electron chi connectivity index (χ4n) is 4.11. The maximum absolute atomic E-state index is 13.3. The number of rotatable bonds is 7. The van der Waals surface area contributed by atoms with Crippen molar-refractivity contribution < 1.29 is 0 Å². The second-order valence-electron chi connectivity index (χ2n) is 7.83. The van der Waals surface area contributed by atoms with Crippen LogP contribution in [0, 0.1) is 13.8 Å². The molecule has 4 aromatic rings. The van der Waals surface area contributed by atoms with Crippen molar-refractivity contribution >= 4 is 10.9 Å². The van der Waals surface area contributed by atoms with E-state index < -0.39 is 0 Å². The third-order valence-electron chi connectivity index (χ3n) is 6.03. The van der Waals surface area contributed by atoms with Gasteiger partial charge in [-0.3, -0.25) is 9.69 Å². The van der Waals surface area contributed by atoms with Crippen LogP contribution in [-0.2, 0) is 6.54 Å². The van der Waals surface area contributed by atoms with Gasteiger partial charge in [0.05, 0.1) is 12.1 Å². The van der Waals surface area contributed by atoms with Gasteiger partial charge in [0.15, 0.2) is 5.82 Å². The van der Waals surface area contributed by atoms with E-state index in [-0.39, 0.29) is 11.6 Å². The van der Waals surface area contributed by atoms with Crippen LogP contribution in [0.3, 0.4) is 0 Å². The Morgan fingerprint density at radius 1 is 1.06 bits per heavy atom. The molecule has 7 nitrogen and oxygen atoms in total. The fraction of sp³-hybridized carbons (Fsp3) is 0.333. The summed E-state index contributed by atoms with van der Waals surface area (Å²) < 4.78 is 1.79. The molecule has 4 rings (SSSR count). The molecule has 1 N–H and O–H groups in total. The second-order valence-corrected chi connectivity index (χ2v) is 7.83. The van der Waals surface area contributed by atoms with E-state index in [9.17, 15) is 4.79 Å². The first kappa shape index (κ1) is 20.9. The van der Waals surface area contributed by atoms with Crippen LogP contribution in [0.2, 0.25) is 0 Å². The summed E-state index contributed by atoms with van der Waals surface area (Å²) in [6.07, 6.45) is 0. The lowest BCUT2D eigenvalue weighted by Gasteiger charge is -2.28. The van der Waals surface area contributed by atoms with Gasteiger partial charge in [-0.15, -0.1) is 5.10 Å². The quantitative estimate of drug-likeness (QED) is 0.498. The highest BCUT2D eigenvalue weighted by molar-refractivity contribution is 5.83. The van der Waals surface area contributed by atoms with Crippen LogP contribution < -0.4 is 5.56 Å². The molecule has 0 fully saturated rings. The Labute approximate surface area is 181 Å². The summed E-state index contributed by atoms with van der Waals surface area (Å²) >= 11 is 0. The molecule has 2 aromatic heterocycles. The van der Waals surface area contributed by atoms with Crippen LogP contribution in [0.4, 0.5) is 0 Å². The van der Waals surface area contributed by atoms with Crippen LogP contribution >= 0.6 is 0 Å². The molecule has 31 heavy (non-hydrogen) atoms. The molecule has 0 aliphatic heterocycles. The number of H-pyrrole nitrogens is 1. The summed E-state index contributed by atoms with van der Waals surface area (Å²) in [4.78, 5) is 18.6. The molecule has 1 unspecified atom stereocenters. The molecule has 0 aliphatic rings. The highest BCUT2D eigenvalue weighted by Crippen LogP contribution is 2.28. The van der Waals surface area contributed by atoms with Crippen molar-refractivity contribution in [3.8, 4) is 0 Å². The number of nitrogens with zero attached hydrogens (tertiary/aromatic N) is 5. The minimum atomic E-state index is -0.344. The van der Waals surface area contributed by atoms with E-state index in [1.165, 1.54) is 0 Å². The molecule has 0 radical (unpaired) electrons. The van der Waals surface area contributed by atoms with Crippen molar-refractivity contribution in [1.82, 2.24) is 30.1 Å². The molecular weight excluding hydrogens is 388 g/mol. The first-order chi connectivity index (χ1) is 15.0. The van der Waals surface area contributed by atoms with Crippen LogP contribution in [0.5, 0.6) is 0 Å². The van der Waals surface area contributed by atoms with Crippen LogP contribution in [-0.4, -0.2) is 43.2 Å². The Morgan fingerprint density at radius 3 is 2.52 bits per heavy atom. The van der Waals surface area contributed by atoms with Gasteiger partial charge in [-0.25, -0.2) is 4.68 Å². The van der Waals surface area contributed by atoms with E-state index in [1.807, 2.05) is 43.3 Å². The standard InChI is InChI=1S/C24H28N6O/c1-5-29(6-2)22(23-26-27-28-30(23)15-18-10-8-7-9-11-18)20-14-19-13-12-16(3)17(4)21(19)25-24(20)31/h7-14,22H,5-6,15H2,1-4H3,(H,25,31). The summed E-state index contributed by atoms with van der Waals surface area (Å²) in [7, 11) is 0. The Kier molecular flexibility index (Phi) is 5.95. The zero-order chi connectivity index (χ0) is 22.0. The zero-order valence-electron chi connectivity index (χ0n) is 18.5. The number of benzene rings is 2. The SMILES string of the molecule is CCN(CC)C(c1cc2ccc(C)c(C)c2[nH]c1=O)c1nnnn1Cc1ccccc1. The zero-order valence-corrected chi connectivity index (χ0v) is 18.5. The molecule has 2 aromatic carbocycles. The maximum atomic E-state index is 13.3. The smallest absolute Gasteiger partial charge is 0.253 e. The van der Waals surface area contributed by atoms with Gasteiger partial charge in [0, 0.05) is 5.56 Å². The minimum Gasteiger partial charge on any atom is -0.321 e. The first-order valence-electron chi connectivity index (χ1n) is 10.7. The summed E-state index contributed by atoms with van der Waals surface area (Å²) in [6.45, 7) is 10.3. The number of tetrazole rings is 1. The van der Waals surface area contributed by atoms with Crippen LogP contribution in [0.1, 0.15) is 48.0 Å². The lowest BCUT2D eigenvalue weighted by molar-refractivity contribution is 0.235. The van der Waals surface area contributed by atoms with E-state index in [0.29, 0.717) is 17.9 Å². The molecule has 7 heteroatoms. The predicted molar refractivity (Wildman–Crippen MR) is 122 cm³/mol. The van der Waals surface area contributed by atoms with Gasteiger partial charge in [-0.2, -0.15) is 0 Å². The number of hydrogen-bond donors (Lipinski definition) is 1. The number of aryl methyl sites for hydroxylation is 2. The van der Waals surface area contributed by atoms with Gasteiger partial charge in [0.1, 0.15) is 6.04 Å². The molecule has 0 bridgehead atoms. The minimum absolute atomic E-state index is 0.104. The fourth-order valence-corrected chi connectivity index (χ4v) is 4.11. The highest BCUT2D eigenvalue weighted by Gasteiger charge is 2.29. The van der Waals surface area contributed by atoms with Crippen molar-refractivity contribution in [1.29, 1.82) is 0 Å². The van der Waals surface area contributed by atoms with E-state index in [1.54, 1.807) is 4.68 Å². The summed E-state index contributed by atoms with van der Waals surface area (Å²) in [6, 6.07) is 15.9. The normalized spacial score (nSPS) is 12.5. The van der Waals surface area contributed by atoms with E-state index in [2.05, 4.69) is 58.3 Å². The Hall–Kier alpha value is -3.32. The predicted octanol–water partition coefficient (Wildman–Crippen LogP) is 3.61. The number of nitrogens with one attached hydrogen (secondary N) is 1. The topological polar surface area (TPSA) is 79.7 Å². The Morgan fingerprint density at radius 2 is 1.81 bits per heavy atom. The van der Waals surface area contributed by atoms with E-state index >= 15 is 0 Å². The van der Waals surface area contributed by atoms with Gasteiger partial charge >= 0.3 is 0 Å². The average Bonchev–Trinajstić information content (AvgIpc) is 3.23. The van der Waals surface area contributed by atoms with E-state index in [4.69, 9.17) is 0 Å². The Balaban J connectivity index is 1.86. The molecule has 0 aliphatic carbocycles. The second kappa shape index (κ2) is 8.81. The summed E-state index contributed by atoms with van der Waals surface area (Å²) in [5.41, 5.74) is 4.79. The molecule has 0 amide bonds. The third kappa shape index (κ3) is 4.01. The third-order valence-corrected chi connectivity index (χ3v) is 6.03.